The van der Waals surface area contributed by atoms with Crippen molar-refractivity contribution >= 4 is 50.9 Å². The SMILES string of the molecule is CSCCC(NS(=O)(=O)c1cc(Cl)ccc1Cl)C(=O)N1CCCCCCC1. The lowest BCUT2D eigenvalue weighted by Gasteiger charge is -2.29. The molecule has 1 amide bonds. The normalized spacial score (nSPS) is 17.2. The molecule has 1 aliphatic rings. The van der Waals surface area contributed by atoms with Crippen LogP contribution in [0.4, 0.5) is 0 Å². The predicted octanol–water partition coefficient (Wildman–Crippen LogP) is 4.19. The van der Waals surface area contributed by atoms with Crippen LogP contribution in [0, 0.1) is 0 Å². The average Bonchev–Trinajstić information content (AvgIpc) is 2.59. The molecule has 2 rings (SSSR count). The number of thioether (sulfide) groups is 1. The smallest absolute Gasteiger partial charge is 0.242 e. The van der Waals surface area contributed by atoms with Gasteiger partial charge in [0.2, 0.25) is 15.9 Å². The van der Waals surface area contributed by atoms with E-state index in [1.165, 1.54) is 24.6 Å². The number of hydrogen-bond acceptors (Lipinski definition) is 4. The van der Waals surface area contributed by atoms with Crippen molar-refractivity contribution in [1.29, 1.82) is 0 Å². The quantitative estimate of drug-likeness (QED) is 0.673. The van der Waals surface area contributed by atoms with Crippen LogP contribution < -0.4 is 4.72 Å². The molecule has 1 heterocycles. The summed E-state index contributed by atoms with van der Waals surface area (Å²) in [6, 6.07) is 3.46. The molecule has 1 atom stereocenters. The number of carbonyl (C=O) groups is 1. The molecular weight excluding hydrogens is 427 g/mol. The Balaban J connectivity index is 2.21. The molecule has 0 bridgehead atoms. The summed E-state index contributed by atoms with van der Waals surface area (Å²) in [6.45, 7) is 1.35. The Labute approximate surface area is 176 Å². The minimum Gasteiger partial charge on any atom is -0.341 e. The number of hydrogen-bond donors (Lipinski definition) is 1. The van der Waals surface area contributed by atoms with E-state index in [2.05, 4.69) is 4.72 Å². The molecule has 1 aromatic carbocycles. The molecule has 1 aromatic rings. The summed E-state index contributed by atoms with van der Waals surface area (Å²) >= 11 is 13.6. The van der Waals surface area contributed by atoms with E-state index >= 15 is 0 Å². The van der Waals surface area contributed by atoms with Crippen molar-refractivity contribution < 1.29 is 13.2 Å². The van der Waals surface area contributed by atoms with Crippen LogP contribution in [0.25, 0.3) is 0 Å². The van der Waals surface area contributed by atoms with Gasteiger partial charge >= 0.3 is 0 Å². The van der Waals surface area contributed by atoms with Crippen molar-refractivity contribution in [3.63, 3.8) is 0 Å². The Morgan fingerprint density at radius 1 is 1.19 bits per heavy atom. The largest absolute Gasteiger partial charge is 0.341 e. The van der Waals surface area contributed by atoms with E-state index in [1.807, 2.05) is 6.26 Å². The maximum atomic E-state index is 13.1. The molecule has 1 saturated heterocycles. The van der Waals surface area contributed by atoms with Crippen molar-refractivity contribution in [3.05, 3.63) is 28.2 Å². The van der Waals surface area contributed by atoms with Gasteiger partial charge in [-0.3, -0.25) is 4.79 Å². The summed E-state index contributed by atoms with van der Waals surface area (Å²) in [4.78, 5) is 14.8. The van der Waals surface area contributed by atoms with Gasteiger partial charge in [-0.05, 0) is 49.5 Å². The monoisotopic (exact) mass is 452 g/mol. The lowest BCUT2D eigenvalue weighted by atomic mass is 10.1. The molecule has 5 nitrogen and oxygen atoms in total. The van der Waals surface area contributed by atoms with Crippen LogP contribution in [0.1, 0.15) is 38.5 Å². The van der Waals surface area contributed by atoms with Crippen LogP contribution in [0.2, 0.25) is 10.0 Å². The van der Waals surface area contributed by atoms with Gasteiger partial charge in [0.05, 0.1) is 5.02 Å². The van der Waals surface area contributed by atoms with Crippen molar-refractivity contribution in [1.82, 2.24) is 9.62 Å². The first-order chi connectivity index (χ1) is 12.8. The number of rotatable bonds is 7. The summed E-state index contributed by atoms with van der Waals surface area (Å²) in [6.07, 6.45) is 7.65. The number of likely N-dealkylation sites (tertiary alicyclic amines) is 1. The number of halogens is 2. The van der Waals surface area contributed by atoms with Gasteiger partial charge < -0.3 is 4.90 Å². The van der Waals surface area contributed by atoms with Crippen molar-refractivity contribution in [2.75, 3.05) is 25.1 Å². The third-order valence-electron chi connectivity index (χ3n) is 4.56. The van der Waals surface area contributed by atoms with E-state index in [9.17, 15) is 13.2 Å². The fourth-order valence-corrected chi connectivity index (χ4v) is 5.55. The van der Waals surface area contributed by atoms with E-state index in [0.29, 0.717) is 25.3 Å². The molecule has 0 saturated carbocycles. The number of nitrogens with zero attached hydrogens (tertiary/aromatic N) is 1. The van der Waals surface area contributed by atoms with Gasteiger partial charge in [-0.2, -0.15) is 16.5 Å². The maximum Gasteiger partial charge on any atom is 0.242 e. The minimum atomic E-state index is -3.97. The van der Waals surface area contributed by atoms with Gasteiger partial charge in [-0.25, -0.2) is 8.42 Å². The topological polar surface area (TPSA) is 66.5 Å². The number of carbonyl (C=O) groups excluding carboxylic acids is 1. The number of amides is 1. The van der Waals surface area contributed by atoms with E-state index in [-0.39, 0.29) is 20.8 Å². The van der Waals surface area contributed by atoms with Gasteiger partial charge in [0.1, 0.15) is 10.9 Å². The number of benzene rings is 1. The molecule has 0 aromatic heterocycles. The number of sulfonamides is 1. The highest BCUT2D eigenvalue weighted by Gasteiger charge is 2.30. The maximum absolute atomic E-state index is 13.1. The molecule has 1 fully saturated rings. The van der Waals surface area contributed by atoms with Gasteiger partial charge in [-0.15, -0.1) is 0 Å². The van der Waals surface area contributed by atoms with E-state index in [0.717, 1.165) is 25.7 Å². The molecule has 9 heteroatoms. The Kier molecular flexibility index (Phi) is 9.22. The van der Waals surface area contributed by atoms with Crippen LogP contribution in [-0.4, -0.2) is 50.4 Å². The predicted molar refractivity (Wildman–Crippen MR) is 113 cm³/mol. The molecule has 0 aliphatic carbocycles. The van der Waals surface area contributed by atoms with E-state index in [1.54, 1.807) is 16.7 Å². The zero-order chi connectivity index (χ0) is 19.9. The Bertz CT molecular complexity index is 736. The number of nitrogens with one attached hydrogen (secondary N) is 1. The Morgan fingerprint density at radius 2 is 1.81 bits per heavy atom. The first kappa shape index (κ1) is 22.8. The first-order valence-electron chi connectivity index (χ1n) is 9.10. The van der Waals surface area contributed by atoms with Crippen LogP contribution in [0.15, 0.2) is 23.1 Å². The molecule has 1 aliphatic heterocycles. The van der Waals surface area contributed by atoms with Crippen LogP contribution in [-0.2, 0) is 14.8 Å². The third kappa shape index (κ3) is 6.82. The zero-order valence-electron chi connectivity index (χ0n) is 15.4. The molecule has 152 valence electrons. The fraction of sp³-hybridized carbons (Fsp3) is 0.611. The van der Waals surface area contributed by atoms with Gasteiger partial charge in [0.25, 0.3) is 0 Å². The fourth-order valence-electron chi connectivity index (χ4n) is 3.09. The second-order valence-electron chi connectivity index (χ2n) is 6.62. The van der Waals surface area contributed by atoms with Crippen LogP contribution in [0.3, 0.4) is 0 Å². The van der Waals surface area contributed by atoms with Crippen LogP contribution >= 0.6 is 35.0 Å². The van der Waals surface area contributed by atoms with Gasteiger partial charge in [-0.1, -0.05) is 42.5 Å². The molecule has 0 radical (unpaired) electrons. The van der Waals surface area contributed by atoms with Crippen molar-refractivity contribution in [2.45, 2.75) is 49.5 Å². The Morgan fingerprint density at radius 3 is 2.44 bits per heavy atom. The van der Waals surface area contributed by atoms with Gasteiger partial charge in [0, 0.05) is 18.1 Å². The highest BCUT2D eigenvalue weighted by molar-refractivity contribution is 7.98. The summed E-state index contributed by atoms with van der Waals surface area (Å²) in [5.41, 5.74) is 0. The second kappa shape index (κ2) is 10.9. The molecule has 1 unspecified atom stereocenters. The van der Waals surface area contributed by atoms with Crippen molar-refractivity contribution in [3.8, 4) is 0 Å². The highest BCUT2D eigenvalue weighted by Crippen LogP contribution is 2.25. The molecule has 0 spiro atoms. The molecular formula is C18H26Cl2N2O3S2. The Hall–Kier alpha value is -0.470. The summed E-state index contributed by atoms with van der Waals surface area (Å²) < 4.78 is 28.3. The lowest BCUT2D eigenvalue weighted by Crippen LogP contribution is -2.49. The van der Waals surface area contributed by atoms with E-state index < -0.39 is 16.1 Å². The molecule has 27 heavy (non-hydrogen) atoms. The molecule has 1 N–H and O–H groups in total. The second-order valence-corrected chi connectivity index (χ2v) is 10.1. The third-order valence-corrected chi connectivity index (χ3v) is 7.39. The summed E-state index contributed by atoms with van der Waals surface area (Å²) in [7, 11) is -3.97. The lowest BCUT2D eigenvalue weighted by molar-refractivity contribution is -0.133. The summed E-state index contributed by atoms with van der Waals surface area (Å²) in [5, 5.41) is 0.352. The van der Waals surface area contributed by atoms with E-state index in [4.69, 9.17) is 23.2 Å². The minimum absolute atomic E-state index is 0.0780. The van der Waals surface area contributed by atoms with Gasteiger partial charge in [0.15, 0.2) is 0 Å². The first-order valence-corrected chi connectivity index (χ1v) is 12.7. The highest BCUT2D eigenvalue weighted by atomic mass is 35.5. The zero-order valence-corrected chi connectivity index (χ0v) is 18.6. The average molecular weight is 453 g/mol. The van der Waals surface area contributed by atoms with Crippen molar-refractivity contribution in [2.24, 2.45) is 0 Å². The van der Waals surface area contributed by atoms with Crippen LogP contribution in [0.5, 0.6) is 0 Å². The summed E-state index contributed by atoms with van der Waals surface area (Å²) in [5.74, 6) is 0.517. The standard InChI is InChI=1S/C18H26Cl2N2O3S2/c1-26-12-9-16(18(23)22-10-5-3-2-4-6-11-22)21-27(24,25)17-13-14(19)7-8-15(17)20/h7-8,13,16,21H,2-6,9-12H2,1H3.